The molecule has 0 aromatic heterocycles. The molecule has 0 atom stereocenters. The predicted octanol–water partition coefficient (Wildman–Crippen LogP) is -0.547. The van der Waals surface area contributed by atoms with Crippen molar-refractivity contribution >= 4 is 17.8 Å². The first-order valence-corrected chi connectivity index (χ1v) is 4.73. The lowest BCUT2D eigenvalue weighted by atomic mass is 10.1. The first-order chi connectivity index (χ1) is 6.88. The highest BCUT2D eigenvalue weighted by Crippen LogP contribution is 2.16. The summed E-state index contributed by atoms with van der Waals surface area (Å²) in [7, 11) is 1.51. The topological polar surface area (TPSA) is 78.5 Å². The Balaban J connectivity index is 2.60. The van der Waals surface area contributed by atoms with Crippen molar-refractivity contribution in [3.05, 3.63) is 0 Å². The number of rotatable bonds is 3. The van der Waals surface area contributed by atoms with Crippen molar-refractivity contribution in [3.63, 3.8) is 0 Å². The zero-order chi connectivity index (χ0) is 11.6. The van der Waals surface area contributed by atoms with Crippen LogP contribution >= 0.6 is 0 Å². The van der Waals surface area contributed by atoms with Gasteiger partial charge in [-0.05, 0) is 13.8 Å². The summed E-state index contributed by atoms with van der Waals surface area (Å²) < 4.78 is 0. The molecule has 0 spiro atoms. The summed E-state index contributed by atoms with van der Waals surface area (Å²) in [5.74, 6) is -0.489. The third kappa shape index (κ3) is 2.26. The van der Waals surface area contributed by atoms with E-state index in [1.54, 1.807) is 13.8 Å². The van der Waals surface area contributed by atoms with Crippen LogP contribution in [0.4, 0.5) is 4.79 Å². The molecule has 1 fully saturated rings. The maximum atomic E-state index is 11.6. The molecule has 2 N–H and O–H groups in total. The van der Waals surface area contributed by atoms with Gasteiger partial charge in [-0.1, -0.05) is 0 Å². The van der Waals surface area contributed by atoms with E-state index in [1.165, 1.54) is 7.05 Å². The molecular weight excluding hydrogens is 198 g/mol. The maximum absolute atomic E-state index is 11.6. The van der Waals surface area contributed by atoms with Gasteiger partial charge in [-0.2, -0.15) is 0 Å². The molecule has 6 nitrogen and oxygen atoms in total. The molecule has 0 saturated carbocycles. The van der Waals surface area contributed by atoms with E-state index in [1.807, 2.05) is 0 Å². The standard InChI is InChI=1S/C9H15N3O3/c1-9(2)7(14)12(8(15)11-9)5-4-6(13)10-3/h4-5H2,1-3H3,(H,10,13)(H,11,15). The van der Waals surface area contributed by atoms with Crippen LogP contribution in [0.25, 0.3) is 0 Å². The molecule has 15 heavy (non-hydrogen) atoms. The number of hydrogen-bond donors (Lipinski definition) is 2. The van der Waals surface area contributed by atoms with Crippen LogP contribution in [0.1, 0.15) is 20.3 Å². The number of urea groups is 1. The first kappa shape index (κ1) is 11.5. The van der Waals surface area contributed by atoms with E-state index in [-0.39, 0.29) is 24.8 Å². The lowest BCUT2D eigenvalue weighted by Crippen LogP contribution is -2.40. The highest BCUT2D eigenvalue weighted by molar-refractivity contribution is 6.06. The summed E-state index contributed by atoms with van der Waals surface area (Å²) >= 11 is 0. The fraction of sp³-hybridized carbons (Fsp3) is 0.667. The molecule has 1 aliphatic rings. The fourth-order valence-corrected chi connectivity index (χ4v) is 1.36. The van der Waals surface area contributed by atoms with E-state index >= 15 is 0 Å². The van der Waals surface area contributed by atoms with Gasteiger partial charge >= 0.3 is 6.03 Å². The van der Waals surface area contributed by atoms with Gasteiger partial charge in [0.2, 0.25) is 5.91 Å². The number of carbonyl (C=O) groups is 3. The molecule has 4 amide bonds. The number of amides is 4. The third-order valence-electron chi connectivity index (χ3n) is 2.29. The molecule has 0 aromatic carbocycles. The summed E-state index contributed by atoms with van der Waals surface area (Å²) in [6, 6.07) is -0.436. The Morgan fingerprint density at radius 2 is 2.07 bits per heavy atom. The molecule has 1 aliphatic heterocycles. The zero-order valence-electron chi connectivity index (χ0n) is 9.09. The highest BCUT2D eigenvalue weighted by atomic mass is 16.2. The van der Waals surface area contributed by atoms with Gasteiger partial charge in [-0.3, -0.25) is 14.5 Å². The molecule has 0 aromatic rings. The zero-order valence-corrected chi connectivity index (χ0v) is 9.09. The largest absolute Gasteiger partial charge is 0.359 e. The summed E-state index contributed by atoms with van der Waals surface area (Å²) in [6.45, 7) is 3.38. The Hall–Kier alpha value is -1.59. The lowest BCUT2D eigenvalue weighted by Gasteiger charge is -2.15. The summed E-state index contributed by atoms with van der Waals surface area (Å²) in [4.78, 5) is 35.0. The second-order valence-electron chi connectivity index (χ2n) is 3.94. The monoisotopic (exact) mass is 213 g/mol. The number of nitrogens with one attached hydrogen (secondary N) is 2. The Labute approximate surface area is 88.0 Å². The van der Waals surface area contributed by atoms with E-state index in [2.05, 4.69) is 10.6 Å². The summed E-state index contributed by atoms with van der Waals surface area (Å²) in [6.07, 6.45) is 0.131. The minimum absolute atomic E-state index is 0.119. The summed E-state index contributed by atoms with van der Waals surface area (Å²) in [5.41, 5.74) is -0.861. The van der Waals surface area contributed by atoms with Crippen molar-refractivity contribution < 1.29 is 14.4 Å². The van der Waals surface area contributed by atoms with Crippen LogP contribution in [0, 0.1) is 0 Å². The molecule has 0 radical (unpaired) electrons. The molecule has 1 rings (SSSR count). The fourth-order valence-electron chi connectivity index (χ4n) is 1.36. The third-order valence-corrected chi connectivity index (χ3v) is 2.29. The smallest absolute Gasteiger partial charge is 0.325 e. The van der Waals surface area contributed by atoms with Crippen molar-refractivity contribution in [3.8, 4) is 0 Å². The van der Waals surface area contributed by atoms with Gasteiger partial charge in [0.25, 0.3) is 5.91 Å². The van der Waals surface area contributed by atoms with Crippen molar-refractivity contribution in [1.29, 1.82) is 0 Å². The van der Waals surface area contributed by atoms with Crippen LogP contribution in [0.5, 0.6) is 0 Å². The SMILES string of the molecule is CNC(=O)CCN1C(=O)NC(C)(C)C1=O. The molecule has 0 aliphatic carbocycles. The Kier molecular flexibility index (Phi) is 2.97. The Bertz CT molecular complexity index is 312. The second-order valence-corrected chi connectivity index (χ2v) is 3.94. The van der Waals surface area contributed by atoms with Gasteiger partial charge < -0.3 is 10.6 Å². The minimum Gasteiger partial charge on any atom is -0.359 e. The van der Waals surface area contributed by atoms with E-state index in [9.17, 15) is 14.4 Å². The van der Waals surface area contributed by atoms with Gasteiger partial charge in [0.05, 0.1) is 0 Å². The van der Waals surface area contributed by atoms with Crippen LogP contribution in [0.3, 0.4) is 0 Å². The number of carbonyl (C=O) groups excluding carboxylic acids is 3. The van der Waals surface area contributed by atoms with Gasteiger partial charge in [0.1, 0.15) is 5.54 Å². The average molecular weight is 213 g/mol. The Morgan fingerprint density at radius 1 is 1.47 bits per heavy atom. The van der Waals surface area contributed by atoms with Crippen LogP contribution in [-0.2, 0) is 9.59 Å². The predicted molar refractivity (Wildman–Crippen MR) is 53.0 cm³/mol. The Morgan fingerprint density at radius 3 is 2.47 bits per heavy atom. The van der Waals surface area contributed by atoms with Crippen molar-refractivity contribution in [2.75, 3.05) is 13.6 Å². The van der Waals surface area contributed by atoms with Gasteiger partial charge in [0, 0.05) is 20.0 Å². The van der Waals surface area contributed by atoms with E-state index in [4.69, 9.17) is 0 Å². The first-order valence-electron chi connectivity index (χ1n) is 4.73. The molecule has 1 heterocycles. The van der Waals surface area contributed by atoms with Crippen molar-refractivity contribution in [1.82, 2.24) is 15.5 Å². The molecule has 6 heteroatoms. The highest BCUT2D eigenvalue weighted by Gasteiger charge is 2.43. The molecular formula is C9H15N3O3. The molecule has 84 valence electrons. The molecule has 0 unspecified atom stereocenters. The van der Waals surface area contributed by atoms with Crippen LogP contribution < -0.4 is 10.6 Å². The van der Waals surface area contributed by atoms with E-state index in [0.29, 0.717) is 0 Å². The number of nitrogens with zero attached hydrogens (tertiary/aromatic N) is 1. The normalized spacial score (nSPS) is 19.0. The van der Waals surface area contributed by atoms with E-state index < -0.39 is 11.6 Å². The van der Waals surface area contributed by atoms with E-state index in [0.717, 1.165) is 4.90 Å². The summed E-state index contributed by atoms with van der Waals surface area (Å²) in [5, 5.41) is 4.97. The minimum atomic E-state index is -0.861. The number of imide groups is 1. The molecule has 0 bridgehead atoms. The van der Waals surface area contributed by atoms with Crippen LogP contribution in [0.15, 0.2) is 0 Å². The van der Waals surface area contributed by atoms with Crippen LogP contribution in [0.2, 0.25) is 0 Å². The lowest BCUT2D eigenvalue weighted by molar-refractivity contribution is -0.130. The van der Waals surface area contributed by atoms with Gasteiger partial charge in [-0.25, -0.2) is 4.79 Å². The molecule has 1 saturated heterocycles. The number of hydrogen-bond acceptors (Lipinski definition) is 3. The van der Waals surface area contributed by atoms with Crippen molar-refractivity contribution in [2.45, 2.75) is 25.8 Å². The van der Waals surface area contributed by atoms with Gasteiger partial charge in [0.15, 0.2) is 0 Å². The van der Waals surface area contributed by atoms with Gasteiger partial charge in [-0.15, -0.1) is 0 Å². The average Bonchev–Trinajstić information content (AvgIpc) is 2.34. The van der Waals surface area contributed by atoms with Crippen LogP contribution in [-0.4, -0.2) is 41.9 Å². The van der Waals surface area contributed by atoms with Crippen molar-refractivity contribution in [2.24, 2.45) is 0 Å². The second kappa shape index (κ2) is 3.88. The maximum Gasteiger partial charge on any atom is 0.325 e. The quantitative estimate of drug-likeness (QED) is 0.617.